The van der Waals surface area contributed by atoms with Crippen LogP contribution in [0.1, 0.15) is 29.6 Å². The summed E-state index contributed by atoms with van der Waals surface area (Å²) < 4.78 is 26.9. The van der Waals surface area contributed by atoms with E-state index in [4.69, 9.17) is 5.73 Å². The second-order valence-corrected chi connectivity index (χ2v) is 8.69. The molecule has 0 aliphatic carbocycles. The SMILES string of the molecule is CN(c1ccccc1)S(=O)(=O)c1ccc(C(=O)N2CCCCC2CN)cc1. The number of rotatable bonds is 5. The van der Waals surface area contributed by atoms with Crippen LogP contribution in [-0.2, 0) is 10.0 Å². The first-order chi connectivity index (χ1) is 12.9. The number of piperidine rings is 1. The standard InChI is InChI=1S/C20H25N3O3S/c1-22(17-7-3-2-4-8-17)27(25,26)19-12-10-16(11-13-19)20(24)23-14-6-5-9-18(23)15-21/h2-4,7-8,10-13,18H,5-6,9,14-15,21H2,1H3. The van der Waals surface area contributed by atoms with E-state index >= 15 is 0 Å². The van der Waals surface area contributed by atoms with Gasteiger partial charge in [0.1, 0.15) is 0 Å². The molecule has 0 radical (unpaired) electrons. The molecule has 1 aliphatic heterocycles. The summed E-state index contributed by atoms with van der Waals surface area (Å²) in [5.74, 6) is -0.0921. The second-order valence-electron chi connectivity index (χ2n) is 6.72. The van der Waals surface area contributed by atoms with E-state index in [2.05, 4.69) is 0 Å². The van der Waals surface area contributed by atoms with Crippen LogP contribution in [0.15, 0.2) is 59.5 Å². The van der Waals surface area contributed by atoms with Gasteiger partial charge in [-0.3, -0.25) is 9.10 Å². The number of carbonyl (C=O) groups is 1. The first-order valence-electron chi connectivity index (χ1n) is 9.10. The molecule has 1 saturated heterocycles. The zero-order valence-corrected chi connectivity index (χ0v) is 16.2. The highest BCUT2D eigenvalue weighted by Crippen LogP contribution is 2.23. The lowest BCUT2D eigenvalue weighted by Gasteiger charge is -2.35. The Bertz CT molecular complexity index is 882. The minimum absolute atomic E-state index is 0.0545. The minimum Gasteiger partial charge on any atom is -0.334 e. The van der Waals surface area contributed by atoms with Crippen LogP contribution in [0.5, 0.6) is 0 Å². The monoisotopic (exact) mass is 387 g/mol. The van der Waals surface area contributed by atoms with Gasteiger partial charge in [-0.05, 0) is 55.7 Å². The van der Waals surface area contributed by atoms with Crippen molar-refractivity contribution >= 4 is 21.6 Å². The smallest absolute Gasteiger partial charge is 0.264 e. The highest BCUT2D eigenvalue weighted by Gasteiger charge is 2.27. The first kappa shape index (κ1) is 19.4. The van der Waals surface area contributed by atoms with E-state index in [1.807, 2.05) is 11.0 Å². The van der Waals surface area contributed by atoms with Crippen molar-refractivity contribution in [3.8, 4) is 0 Å². The Morgan fingerprint density at radius 1 is 1.11 bits per heavy atom. The van der Waals surface area contributed by atoms with Gasteiger partial charge >= 0.3 is 0 Å². The molecule has 3 rings (SSSR count). The molecule has 2 aromatic carbocycles. The number of benzene rings is 2. The predicted octanol–water partition coefficient (Wildman–Crippen LogP) is 2.47. The van der Waals surface area contributed by atoms with Crippen LogP contribution < -0.4 is 10.0 Å². The van der Waals surface area contributed by atoms with Gasteiger partial charge in [-0.15, -0.1) is 0 Å². The fraction of sp³-hybridized carbons (Fsp3) is 0.350. The third-order valence-electron chi connectivity index (χ3n) is 5.04. The largest absolute Gasteiger partial charge is 0.334 e. The highest BCUT2D eigenvalue weighted by atomic mass is 32.2. The molecule has 1 atom stereocenters. The van der Waals surface area contributed by atoms with Crippen molar-refractivity contribution in [3.05, 3.63) is 60.2 Å². The van der Waals surface area contributed by atoms with Gasteiger partial charge < -0.3 is 10.6 Å². The second kappa shape index (κ2) is 8.10. The summed E-state index contributed by atoms with van der Waals surface area (Å²) >= 11 is 0. The molecule has 1 fully saturated rings. The van der Waals surface area contributed by atoms with Gasteiger partial charge in [0, 0.05) is 31.7 Å². The Labute approximate surface area is 160 Å². The number of hydrogen-bond acceptors (Lipinski definition) is 4. The summed E-state index contributed by atoms with van der Waals surface area (Å²) in [4.78, 5) is 14.8. The third-order valence-corrected chi connectivity index (χ3v) is 6.84. The van der Waals surface area contributed by atoms with E-state index in [1.54, 1.807) is 36.4 Å². The zero-order valence-electron chi connectivity index (χ0n) is 15.4. The maximum absolute atomic E-state index is 12.8. The molecule has 1 aliphatic rings. The van der Waals surface area contributed by atoms with E-state index in [0.717, 1.165) is 19.3 Å². The average molecular weight is 388 g/mol. The van der Waals surface area contributed by atoms with Crippen LogP contribution >= 0.6 is 0 Å². The summed E-state index contributed by atoms with van der Waals surface area (Å²) in [5.41, 5.74) is 6.86. The summed E-state index contributed by atoms with van der Waals surface area (Å²) in [6, 6.07) is 15.1. The zero-order chi connectivity index (χ0) is 19.4. The number of amides is 1. The maximum atomic E-state index is 12.8. The number of nitrogens with zero attached hydrogens (tertiary/aromatic N) is 2. The average Bonchev–Trinajstić information content (AvgIpc) is 2.73. The van der Waals surface area contributed by atoms with Crippen molar-refractivity contribution < 1.29 is 13.2 Å². The fourth-order valence-electron chi connectivity index (χ4n) is 3.38. The molecule has 1 amide bonds. The molecule has 1 unspecified atom stereocenters. The van der Waals surface area contributed by atoms with E-state index in [1.165, 1.54) is 23.5 Å². The molecule has 144 valence electrons. The molecule has 0 bridgehead atoms. The Hall–Kier alpha value is -2.38. The van der Waals surface area contributed by atoms with Gasteiger partial charge in [0.15, 0.2) is 0 Å². The Morgan fingerprint density at radius 2 is 1.78 bits per heavy atom. The first-order valence-corrected chi connectivity index (χ1v) is 10.5. The quantitative estimate of drug-likeness (QED) is 0.854. The Kier molecular flexibility index (Phi) is 5.82. The normalized spacial score (nSPS) is 17.6. The molecule has 0 spiro atoms. The fourth-order valence-corrected chi connectivity index (χ4v) is 4.58. The lowest BCUT2D eigenvalue weighted by atomic mass is 10.0. The van der Waals surface area contributed by atoms with Crippen LogP contribution in [-0.4, -0.2) is 45.4 Å². The number of hydrogen-bond donors (Lipinski definition) is 1. The van der Waals surface area contributed by atoms with E-state index in [9.17, 15) is 13.2 Å². The molecule has 2 aromatic rings. The molecule has 7 heteroatoms. The summed E-state index contributed by atoms with van der Waals surface area (Å²) in [6.45, 7) is 1.14. The van der Waals surface area contributed by atoms with Gasteiger partial charge in [0.2, 0.25) is 0 Å². The van der Waals surface area contributed by atoms with Gasteiger partial charge in [0.25, 0.3) is 15.9 Å². The van der Waals surface area contributed by atoms with Gasteiger partial charge in [-0.25, -0.2) is 8.42 Å². The molecule has 2 N–H and O–H groups in total. The van der Waals surface area contributed by atoms with Gasteiger partial charge in [-0.2, -0.15) is 0 Å². The Morgan fingerprint density at radius 3 is 2.41 bits per heavy atom. The van der Waals surface area contributed by atoms with Crippen molar-refractivity contribution in [2.24, 2.45) is 5.73 Å². The number of carbonyl (C=O) groups excluding carboxylic acids is 1. The summed E-state index contributed by atoms with van der Waals surface area (Å²) in [7, 11) is -2.17. The van der Waals surface area contributed by atoms with E-state index < -0.39 is 10.0 Å². The molecule has 1 heterocycles. The topological polar surface area (TPSA) is 83.7 Å². The minimum atomic E-state index is -3.69. The van der Waals surface area contributed by atoms with Crippen molar-refractivity contribution in [2.45, 2.75) is 30.2 Å². The lowest BCUT2D eigenvalue weighted by Crippen LogP contribution is -2.47. The maximum Gasteiger partial charge on any atom is 0.264 e. The van der Waals surface area contributed by atoms with Crippen LogP contribution in [0.3, 0.4) is 0 Å². The third kappa shape index (κ3) is 3.99. The van der Waals surface area contributed by atoms with Crippen molar-refractivity contribution in [1.82, 2.24) is 4.90 Å². The molecular formula is C20H25N3O3S. The summed E-state index contributed by atoms with van der Waals surface area (Å²) in [5, 5.41) is 0. The predicted molar refractivity (Wildman–Crippen MR) is 106 cm³/mol. The molecule has 27 heavy (non-hydrogen) atoms. The number of anilines is 1. The Balaban J connectivity index is 1.81. The molecular weight excluding hydrogens is 362 g/mol. The number of likely N-dealkylation sites (tertiary alicyclic amines) is 1. The van der Waals surface area contributed by atoms with E-state index in [0.29, 0.717) is 24.3 Å². The molecule has 6 nitrogen and oxygen atoms in total. The molecule has 0 saturated carbocycles. The van der Waals surface area contributed by atoms with Crippen LogP contribution in [0.4, 0.5) is 5.69 Å². The number of para-hydroxylation sites is 1. The van der Waals surface area contributed by atoms with Crippen molar-refractivity contribution in [3.63, 3.8) is 0 Å². The van der Waals surface area contributed by atoms with Crippen LogP contribution in [0.25, 0.3) is 0 Å². The van der Waals surface area contributed by atoms with Gasteiger partial charge in [-0.1, -0.05) is 18.2 Å². The van der Waals surface area contributed by atoms with E-state index in [-0.39, 0.29) is 16.8 Å². The highest BCUT2D eigenvalue weighted by molar-refractivity contribution is 7.92. The van der Waals surface area contributed by atoms with Crippen LogP contribution in [0.2, 0.25) is 0 Å². The van der Waals surface area contributed by atoms with Crippen LogP contribution in [0, 0.1) is 0 Å². The molecule has 0 aromatic heterocycles. The summed E-state index contributed by atoms with van der Waals surface area (Å²) in [6.07, 6.45) is 2.96. The van der Waals surface area contributed by atoms with Crippen molar-refractivity contribution in [1.29, 1.82) is 0 Å². The van der Waals surface area contributed by atoms with Crippen molar-refractivity contribution in [2.75, 3.05) is 24.4 Å². The number of nitrogens with two attached hydrogens (primary N) is 1. The number of sulfonamides is 1. The van der Waals surface area contributed by atoms with Gasteiger partial charge in [0.05, 0.1) is 10.6 Å². The lowest BCUT2D eigenvalue weighted by molar-refractivity contribution is 0.0623.